The number of rotatable bonds is 3. The maximum Gasteiger partial charge on any atom is 0.416 e. The zero-order valence-corrected chi connectivity index (χ0v) is 11.7. The van der Waals surface area contributed by atoms with Gasteiger partial charge < -0.3 is 4.74 Å². The van der Waals surface area contributed by atoms with E-state index in [0.29, 0.717) is 25.9 Å². The van der Waals surface area contributed by atoms with E-state index in [0.717, 1.165) is 23.3 Å². The minimum Gasteiger partial charge on any atom is -0.466 e. The lowest BCUT2D eigenvalue weighted by atomic mass is 9.86. The number of carbonyl (C=O) groups excluding carboxylic acids is 1. The van der Waals surface area contributed by atoms with Gasteiger partial charge in [-0.2, -0.15) is 13.2 Å². The van der Waals surface area contributed by atoms with Gasteiger partial charge in [-0.1, -0.05) is 18.2 Å². The van der Waals surface area contributed by atoms with Crippen molar-refractivity contribution in [2.45, 2.75) is 32.4 Å². The first-order valence-corrected chi connectivity index (χ1v) is 6.95. The molecule has 0 bridgehead atoms. The molecule has 1 unspecified atom stereocenters. The Balaban J connectivity index is 2.05. The first-order valence-electron chi connectivity index (χ1n) is 6.95. The summed E-state index contributed by atoms with van der Waals surface area (Å²) in [4.78, 5) is 11.6. The van der Waals surface area contributed by atoms with E-state index in [9.17, 15) is 18.0 Å². The zero-order chi connectivity index (χ0) is 15.5. The van der Waals surface area contributed by atoms with Crippen LogP contribution in [-0.2, 0) is 15.7 Å². The number of ether oxygens (including phenoxy) is 1. The van der Waals surface area contributed by atoms with Crippen LogP contribution in [0.15, 0.2) is 30.3 Å². The molecule has 0 amide bonds. The minimum absolute atomic E-state index is 0.136. The molecule has 0 fully saturated rings. The molecule has 0 radical (unpaired) electrons. The molecule has 0 aromatic heterocycles. The number of alkyl halides is 3. The molecular formula is C16H17F3O2. The summed E-state index contributed by atoms with van der Waals surface area (Å²) in [5, 5.41) is 0. The summed E-state index contributed by atoms with van der Waals surface area (Å²) in [6.45, 7) is 2.13. The Morgan fingerprint density at radius 3 is 2.43 bits per heavy atom. The van der Waals surface area contributed by atoms with Crippen LogP contribution in [0.1, 0.15) is 37.3 Å². The lowest BCUT2D eigenvalue weighted by molar-refractivity contribution is -0.148. The summed E-state index contributed by atoms with van der Waals surface area (Å²) in [6.07, 6.45) is -0.460. The van der Waals surface area contributed by atoms with Gasteiger partial charge in [0.05, 0.1) is 18.1 Å². The number of carbonyl (C=O) groups is 1. The second-order valence-electron chi connectivity index (χ2n) is 5.03. The SMILES string of the molecule is CCOC(=O)C1CC=C(c2ccc(C(F)(F)F)cc2)CC1. The van der Waals surface area contributed by atoms with Crippen LogP contribution in [0.25, 0.3) is 5.57 Å². The standard InChI is InChI=1S/C16H17F3O2/c1-2-21-15(20)13-5-3-11(4-6-13)12-7-9-14(10-8-12)16(17,18)19/h3,7-10,13H,2,4-6H2,1H3. The number of benzene rings is 1. The fourth-order valence-electron chi connectivity index (χ4n) is 2.44. The van der Waals surface area contributed by atoms with Crippen LogP contribution in [0.3, 0.4) is 0 Å². The molecule has 21 heavy (non-hydrogen) atoms. The Bertz CT molecular complexity index is 529. The molecular weight excluding hydrogens is 281 g/mol. The smallest absolute Gasteiger partial charge is 0.416 e. The lowest BCUT2D eigenvalue weighted by Gasteiger charge is -2.20. The van der Waals surface area contributed by atoms with Gasteiger partial charge in [0.25, 0.3) is 0 Å². The molecule has 0 saturated heterocycles. The minimum atomic E-state index is -4.31. The molecule has 0 saturated carbocycles. The van der Waals surface area contributed by atoms with E-state index in [-0.39, 0.29) is 11.9 Å². The van der Waals surface area contributed by atoms with Gasteiger partial charge >= 0.3 is 12.1 Å². The molecule has 5 heteroatoms. The Morgan fingerprint density at radius 1 is 1.29 bits per heavy atom. The van der Waals surface area contributed by atoms with Crippen LogP contribution < -0.4 is 0 Å². The lowest BCUT2D eigenvalue weighted by Crippen LogP contribution is -2.19. The second kappa shape index (κ2) is 6.33. The molecule has 1 aliphatic rings. The predicted octanol–water partition coefficient (Wildman–Crippen LogP) is 4.45. The molecule has 1 aromatic rings. The van der Waals surface area contributed by atoms with Crippen molar-refractivity contribution in [2.24, 2.45) is 5.92 Å². The quantitative estimate of drug-likeness (QED) is 0.771. The maximum atomic E-state index is 12.5. The molecule has 1 aromatic carbocycles. The van der Waals surface area contributed by atoms with E-state index in [2.05, 4.69) is 0 Å². The number of esters is 1. The monoisotopic (exact) mass is 298 g/mol. The first-order chi connectivity index (χ1) is 9.91. The van der Waals surface area contributed by atoms with Crippen LogP contribution in [0.2, 0.25) is 0 Å². The Labute approximate surface area is 121 Å². The highest BCUT2D eigenvalue weighted by Crippen LogP contribution is 2.33. The second-order valence-corrected chi connectivity index (χ2v) is 5.03. The van der Waals surface area contributed by atoms with Gasteiger partial charge in [-0.25, -0.2) is 0 Å². The molecule has 0 N–H and O–H groups in total. The van der Waals surface area contributed by atoms with E-state index < -0.39 is 11.7 Å². The van der Waals surface area contributed by atoms with E-state index in [1.54, 1.807) is 6.92 Å². The van der Waals surface area contributed by atoms with Crippen molar-refractivity contribution in [3.8, 4) is 0 Å². The van der Waals surface area contributed by atoms with Crippen LogP contribution >= 0.6 is 0 Å². The van der Waals surface area contributed by atoms with Gasteiger partial charge in [0, 0.05) is 0 Å². The first kappa shape index (κ1) is 15.6. The van der Waals surface area contributed by atoms with Crippen LogP contribution in [-0.4, -0.2) is 12.6 Å². The largest absolute Gasteiger partial charge is 0.466 e. The zero-order valence-electron chi connectivity index (χ0n) is 11.7. The van der Waals surface area contributed by atoms with Crippen LogP contribution in [0.5, 0.6) is 0 Å². The maximum absolute atomic E-state index is 12.5. The molecule has 0 aliphatic heterocycles. The Kier molecular flexibility index (Phi) is 4.70. The third kappa shape index (κ3) is 3.86. The molecule has 2 nitrogen and oxygen atoms in total. The summed E-state index contributed by atoms with van der Waals surface area (Å²) in [7, 11) is 0. The number of allylic oxidation sites excluding steroid dienone is 2. The topological polar surface area (TPSA) is 26.3 Å². The van der Waals surface area contributed by atoms with Gasteiger partial charge in [-0.15, -0.1) is 0 Å². The van der Waals surface area contributed by atoms with Crippen molar-refractivity contribution < 1.29 is 22.7 Å². The third-order valence-electron chi connectivity index (χ3n) is 3.61. The van der Waals surface area contributed by atoms with Crippen molar-refractivity contribution in [3.63, 3.8) is 0 Å². The molecule has 114 valence electrons. The molecule has 0 heterocycles. The van der Waals surface area contributed by atoms with Crippen molar-refractivity contribution >= 4 is 11.5 Å². The number of hydrogen-bond acceptors (Lipinski definition) is 2. The average molecular weight is 298 g/mol. The summed E-state index contributed by atoms with van der Waals surface area (Å²) in [5.41, 5.74) is 1.13. The van der Waals surface area contributed by atoms with Gasteiger partial charge in [0.15, 0.2) is 0 Å². The van der Waals surface area contributed by atoms with E-state index in [4.69, 9.17) is 4.74 Å². The van der Waals surface area contributed by atoms with Crippen molar-refractivity contribution in [1.82, 2.24) is 0 Å². The fourth-order valence-corrected chi connectivity index (χ4v) is 2.44. The fraction of sp³-hybridized carbons (Fsp3) is 0.438. The van der Waals surface area contributed by atoms with Gasteiger partial charge in [-0.3, -0.25) is 4.79 Å². The highest BCUT2D eigenvalue weighted by Gasteiger charge is 2.30. The van der Waals surface area contributed by atoms with Crippen molar-refractivity contribution in [2.75, 3.05) is 6.61 Å². The summed E-state index contributed by atoms with van der Waals surface area (Å²) in [5.74, 6) is -0.330. The Morgan fingerprint density at radius 2 is 1.95 bits per heavy atom. The number of hydrogen-bond donors (Lipinski definition) is 0. The number of halogens is 3. The average Bonchev–Trinajstić information content (AvgIpc) is 2.47. The van der Waals surface area contributed by atoms with Gasteiger partial charge in [0.2, 0.25) is 0 Å². The summed E-state index contributed by atoms with van der Waals surface area (Å²) in [6, 6.07) is 5.15. The van der Waals surface area contributed by atoms with E-state index >= 15 is 0 Å². The molecule has 1 aliphatic carbocycles. The van der Waals surface area contributed by atoms with Crippen LogP contribution in [0, 0.1) is 5.92 Å². The molecule has 2 rings (SSSR count). The molecule has 1 atom stereocenters. The molecule has 0 spiro atoms. The predicted molar refractivity (Wildman–Crippen MR) is 73.4 cm³/mol. The summed E-state index contributed by atoms with van der Waals surface area (Å²) < 4.78 is 42.5. The van der Waals surface area contributed by atoms with Crippen molar-refractivity contribution in [3.05, 3.63) is 41.5 Å². The highest BCUT2D eigenvalue weighted by molar-refractivity contribution is 5.75. The van der Waals surface area contributed by atoms with Gasteiger partial charge in [-0.05, 0) is 49.5 Å². The van der Waals surface area contributed by atoms with Crippen molar-refractivity contribution in [1.29, 1.82) is 0 Å². The summed E-state index contributed by atoms with van der Waals surface area (Å²) >= 11 is 0. The van der Waals surface area contributed by atoms with E-state index in [1.165, 1.54) is 12.1 Å². The highest BCUT2D eigenvalue weighted by atomic mass is 19.4. The Hall–Kier alpha value is -1.78. The normalized spacial score (nSPS) is 19.0. The van der Waals surface area contributed by atoms with E-state index in [1.807, 2.05) is 6.08 Å². The van der Waals surface area contributed by atoms with Crippen LogP contribution in [0.4, 0.5) is 13.2 Å². The third-order valence-corrected chi connectivity index (χ3v) is 3.61. The van der Waals surface area contributed by atoms with Gasteiger partial charge in [0.1, 0.15) is 0 Å².